The van der Waals surface area contributed by atoms with Gasteiger partial charge in [0.25, 0.3) is 5.91 Å². The highest BCUT2D eigenvalue weighted by Crippen LogP contribution is 2.52. The summed E-state index contributed by atoms with van der Waals surface area (Å²) in [7, 11) is 0. The molecule has 0 spiro atoms. The standard InChI is InChI=1S/C19H24BrNO4/c1-18(2)8-13-9-19(3,11-18)12-21(13)16(22)10-24-17(23)7-5-14-4-6-15(20)25-14/h4-7,13H,8-12H2,1-3H3/b7-5+/t13-,19+/m1/s1. The van der Waals surface area contributed by atoms with E-state index in [4.69, 9.17) is 9.15 Å². The van der Waals surface area contributed by atoms with Gasteiger partial charge in [-0.05, 0) is 64.2 Å². The Morgan fingerprint density at radius 1 is 1.36 bits per heavy atom. The predicted molar refractivity (Wildman–Crippen MR) is 97.6 cm³/mol. The van der Waals surface area contributed by atoms with Crippen molar-refractivity contribution in [2.24, 2.45) is 10.8 Å². The molecule has 1 aromatic heterocycles. The average Bonchev–Trinajstić information content (AvgIpc) is 3.02. The molecule has 1 saturated heterocycles. The van der Waals surface area contributed by atoms with Crippen LogP contribution in [0.2, 0.25) is 0 Å². The Bertz CT molecular complexity index is 708. The number of halogens is 1. The number of esters is 1. The summed E-state index contributed by atoms with van der Waals surface area (Å²) in [5, 5.41) is 0. The second-order valence-electron chi connectivity index (χ2n) is 8.32. The van der Waals surface area contributed by atoms with Crippen LogP contribution in [0, 0.1) is 10.8 Å². The van der Waals surface area contributed by atoms with Gasteiger partial charge in [-0.1, -0.05) is 20.8 Å². The van der Waals surface area contributed by atoms with E-state index < -0.39 is 5.97 Å². The Balaban J connectivity index is 1.53. The van der Waals surface area contributed by atoms with Crippen LogP contribution in [0.15, 0.2) is 27.3 Å². The zero-order valence-corrected chi connectivity index (χ0v) is 16.5. The fourth-order valence-corrected chi connectivity index (χ4v) is 4.90. The first-order valence-corrected chi connectivity index (χ1v) is 9.35. The minimum absolute atomic E-state index is 0.103. The summed E-state index contributed by atoms with van der Waals surface area (Å²) in [5.74, 6) is -0.109. The molecule has 1 amide bonds. The summed E-state index contributed by atoms with van der Waals surface area (Å²) in [4.78, 5) is 26.2. The molecule has 1 aromatic rings. The van der Waals surface area contributed by atoms with Crippen LogP contribution < -0.4 is 0 Å². The molecule has 6 heteroatoms. The van der Waals surface area contributed by atoms with Crippen LogP contribution in [-0.2, 0) is 14.3 Å². The van der Waals surface area contributed by atoms with Crippen molar-refractivity contribution in [1.29, 1.82) is 0 Å². The number of hydrogen-bond donors (Lipinski definition) is 0. The molecule has 0 aromatic carbocycles. The van der Waals surface area contributed by atoms with Gasteiger partial charge < -0.3 is 14.1 Å². The van der Waals surface area contributed by atoms with E-state index in [2.05, 4.69) is 36.7 Å². The largest absolute Gasteiger partial charge is 0.452 e. The molecule has 2 atom stereocenters. The third-order valence-electron chi connectivity index (χ3n) is 5.05. The van der Waals surface area contributed by atoms with Gasteiger partial charge in [0.2, 0.25) is 0 Å². The van der Waals surface area contributed by atoms with Crippen molar-refractivity contribution in [2.45, 2.75) is 46.1 Å². The molecule has 136 valence electrons. The number of nitrogens with zero attached hydrogens (tertiary/aromatic N) is 1. The van der Waals surface area contributed by atoms with E-state index >= 15 is 0 Å². The monoisotopic (exact) mass is 409 g/mol. The molecule has 25 heavy (non-hydrogen) atoms. The fourth-order valence-electron chi connectivity index (χ4n) is 4.58. The first kappa shape index (κ1) is 18.2. The number of ether oxygens (including phenoxy) is 1. The van der Waals surface area contributed by atoms with E-state index in [-0.39, 0.29) is 29.4 Å². The van der Waals surface area contributed by atoms with Crippen LogP contribution in [0.1, 0.15) is 45.8 Å². The lowest BCUT2D eigenvalue weighted by Gasteiger charge is -2.39. The van der Waals surface area contributed by atoms with Gasteiger partial charge in [-0.15, -0.1) is 0 Å². The van der Waals surface area contributed by atoms with E-state index in [1.165, 1.54) is 12.2 Å². The zero-order valence-electron chi connectivity index (χ0n) is 14.9. The Kier molecular flexibility index (Phi) is 4.84. The number of rotatable bonds is 4. The second-order valence-corrected chi connectivity index (χ2v) is 9.10. The number of carbonyl (C=O) groups excluding carboxylic acids is 2. The molecule has 0 unspecified atom stereocenters. The van der Waals surface area contributed by atoms with E-state index in [0.717, 1.165) is 25.8 Å². The van der Waals surface area contributed by atoms with Crippen LogP contribution in [0.4, 0.5) is 0 Å². The van der Waals surface area contributed by atoms with Crippen molar-refractivity contribution in [3.8, 4) is 0 Å². The average molecular weight is 410 g/mol. The van der Waals surface area contributed by atoms with Gasteiger partial charge in [-0.2, -0.15) is 0 Å². The van der Waals surface area contributed by atoms with Crippen molar-refractivity contribution in [3.63, 3.8) is 0 Å². The minimum Gasteiger partial charge on any atom is -0.452 e. The van der Waals surface area contributed by atoms with Crippen LogP contribution in [0.25, 0.3) is 6.08 Å². The number of furan rings is 1. The van der Waals surface area contributed by atoms with Crippen molar-refractivity contribution in [3.05, 3.63) is 28.6 Å². The molecule has 2 bridgehead atoms. The number of likely N-dealkylation sites (tertiary alicyclic amines) is 1. The van der Waals surface area contributed by atoms with Crippen molar-refractivity contribution in [2.75, 3.05) is 13.2 Å². The van der Waals surface area contributed by atoms with Crippen LogP contribution in [-0.4, -0.2) is 36.0 Å². The lowest BCUT2D eigenvalue weighted by molar-refractivity contribution is -0.148. The van der Waals surface area contributed by atoms with Crippen LogP contribution >= 0.6 is 15.9 Å². The SMILES string of the molecule is CC1(C)C[C@@H]2C[C@](C)(CN2C(=O)COC(=O)/C=C/c2ccc(Br)o2)C1. The normalized spacial score (nSPS) is 27.7. The van der Waals surface area contributed by atoms with Crippen molar-refractivity contribution >= 4 is 33.9 Å². The van der Waals surface area contributed by atoms with Gasteiger partial charge in [-0.25, -0.2) is 4.79 Å². The van der Waals surface area contributed by atoms with Gasteiger partial charge in [0.1, 0.15) is 5.76 Å². The fraction of sp³-hybridized carbons (Fsp3) is 0.579. The summed E-state index contributed by atoms with van der Waals surface area (Å²) < 4.78 is 11.0. The summed E-state index contributed by atoms with van der Waals surface area (Å²) in [6, 6.07) is 3.73. The summed E-state index contributed by atoms with van der Waals surface area (Å²) >= 11 is 3.19. The lowest BCUT2D eigenvalue weighted by Crippen LogP contribution is -2.39. The van der Waals surface area contributed by atoms with Crippen molar-refractivity contribution < 1.29 is 18.7 Å². The molecule has 1 aliphatic carbocycles. The molecule has 1 saturated carbocycles. The van der Waals surface area contributed by atoms with E-state index in [9.17, 15) is 9.59 Å². The number of fused-ring (bicyclic) bond motifs is 2. The topological polar surface area (TPSA) is 59.8 Å². The number of hydrogen-bond acceptors (Lipinski definition) is 4. The first-order chi connectivity index (χ1) is 11.7. The van der Waals surface area contributed by atoms with E-state index in [1.54, 1.807) is 12.1 Å². The Labute approximate surface area is 156 Å². The molecule has 5 nitrogen and oxygen atoms in total. The highest BCUT2D eigenvalue weighted by Gasteiger charge is 2.50. The van der Waals surface area contributed by atoms with Crippen LogP contribution in [0.5, 0.6) is 0 Å². The minimum atomic E-state index is -0.547. The van der Waals surface area contributed by atoms with Gasteiger partial charge in [-0.3, -0.25) is 4.79 Å². The van der Waals surface area contributed by atoms with Gasteiger partial charge in [0.15, 0.2) is 11.3 Å². The van der Waals surface area contributed by atoms with Crippen LogP contribution in [0.3, 0.4) is 0 Å². The molecule has 0 radical (unpaired) electrons. The third kappa shape index (κ3) is 4.35. The maximum Gasteiger partial charge on any atom is 0.331 e. The Hall–Kier alpha value is -1.56. The Morgan fingerprint density at radius 2 is 2.12 bits per heavy atom. The zero-order chi connectivity index (χ0) is 18.2. The highest BCUT2D eigenvalue weighted by molar-refractivity contribution is 9.10. The summed E-state index contributed by atoms with van der Waals surface area (Å²) in [6.45, 7) is 7.34. The summed E-state index contributed by atoms with van der Waals surface area (Å²) in [5.41, 5.74) is 0.433. The van der Waals surface area contributed by atoms with E-state index in [0.29, 0.717) is 10.4 Å². The van der Waals surface area contributed by atoms with Gasteiger partial charge in [0, 0.05) is 18.7 Å². The molecule has 3 rings (SSSR count). The first-order valence-electron chi connectivity index (χ1n) is 8.56. The molecular weight excluding hydrogens is 386 g/mol. The predicted octanol–water partition coefficient (Wildman–Crippen LogP) is 4.03. The van der Waals surface area contributed by atoms with Gasteiger partial charge in [0.05, 0.1) is 0 Å². The molecule has 2 heterocycles. The van der Waals surface area contributed by atoms with Gasteiger partial charge >= 0.3 is 5.97 Å². The molecule has 2 fully saturated rings. The quantitative estimate of drug-likeness (QED) is 0.556. The maximum atomic E-state index is 12.5. The number of amides is 1. The molecule has 2 aliphatic rings. The number of carbonyl (C=O) groups is 2. The Morgan fingerprint density at radius 3 is 2.80 bits per heavy atom. The smallest absolute Gasteiger partial charge is 0.331 e. The lowest BCUT2D eigenvalue weighted by atomic mass is 9.65. The van der Waals surface area contributed by atoms with E-state index in [1.807, 2.05) is 4.90 Å². The van der Waals surface area contributed by atoms with Crippen molar-refractivity contribution in [1.82, 2.24) is 4.90 Å². The summed E-state index contributed by atoms with van der Waals surface area (Å²) in [6.07, 6.45) is 5.97. The highest BCUT2D eigenvalue weighted by atomic mass is 79.9. The third-order valence-corrected chi connectivity index (χ3v) is 5.48. The molecule has 1 aliphatic heterocycles. The maximum absolute atomic E-state index is 12.5. The molecular formula is C19H24BrNO4. The second kappa shape index (κ2) is 6.63. The molecule has 0 N–H and O–H groups in total.